The third kappa shape index (κ3) is 4.24. The molecule has 3 aromatic rings. The summed E-state index contributed by atoms with van der Waals surface area (Å²) in [6, 6.07) is 21.2. The van der Waals surface area contributed by atoms with Crippen molar-refractivity contribution in [3.05, 3.63) is 72.9 Å². The lowest BCUT2D eigenvalue weighted by molar-refractivity contribution is 0.311. The Morgan fingerprint density at radius 3 is 2.08 bits per heavy atom. The molecule has 0 radical (unpaired) electrons. The Morgan fingerprint density at radius 1 is 0.833 bits per heavy atom. The number of nitrogens with one attached hydrogen (secondary N) is 1. The van der Waals surface area contributed by atoms with Crippen LogP contribution >= 0.6 is 0 Å². The number of nitrogens with zero attached hydrogens (tertiary/aromatic N) is 3. The molecule has 0 saturated carbocycles. The fourth-order valence-corrected chi connectivity index (χ4v) is 2.19. The number of rotatable bonds is 6. The van der Waals surface area contributed by atoms with Gasteiger partial charge in [-0.25, -0.2) is 0 Å². The summed E-state index contributed by atoms with van der Waals surface area (Å²) in [6.45, 7) is 0.638. The van der Waals surface area contributed by atoms with Crippen molar-refractivity contribution in [3.63, 3.8) is 0 Å². The van der Waals surface area contributed by atoms with E-state index in [0.717, 1.165) is 28.3 Å². The first-order valence-electron chi connectivity index (χ1n) is 7.73. The maximum absolute atomic E-state index is 8.78. The summed E-state index contributed by atoms with van der Waals surface area (Å²) in [5.41, 5.74) is 4.50. The quantitative estimate of drug-likeness (QED) is 0.654. The van der Waals surface area contributed by atoms with Crippen molar-refractivity contribution in [2.24, 2.45) is 10.2 Å². The summed E-state index contributed by atoms with van der Waals surface area (Å²) >= 11 is 0. The van der Waals surface area contributed by atoms with Crippen LogP contribution in [0.1, 0.15) is 0 Å². The molecule has 1 heterocycles. The van der Waals surface area contributed by atoms with E-state index >= 15 is 0 Å². The summed E-state index contributed by atoms with van der Waals surface area (Å²) in [6.07, 6.45) is 1.78. The fraction of sp³-hybridized carbons (Fsp3) is 0.105. The molecular formula is C19H18N4O. The maximum atomic E-state index is 8.78. The number of benzene rings is 2. The fourth-order valence-electron chi connectivity index (χ4n) is 2.19. The second-order valence-electron chi connectivity index (χ2n) is 5.16. The van der Waals surface area contributed by atoms with Gasteiger partial charge < -0.3 is 10.4 Å². The largest absolute Gasteiger partial charge is 0.395 e. The van der Waals surface area contributed by atoms with Gasteiger partial charge in [-0.15, -0.1) is 0 Å². The monoisotopic (exact) mass is 318 g/mol. The zero-order chi connectivity index (χ0) is 16.6. The molecule has 0 saturated heterocycles. The molecule has 0 aliphatic heterocycles. The van der Waals surface area contributed by atoms with Gasteiger partial charge >= 0.3 is 0 Å². The highest BCUT2D eigenvalue weighted by Crippen LogP contribution is 2.23. The van der Waals surface area contributed by atoms with E-state index in [0.29, 0.717) is 6.54 Å². The van der Waals surface area contributed by atoms with Crippen LogP contribution in [0.3, 0.4) is 0 Å². The smallest absolute Gasteiger partial charge is 0.0858 e. The summed E-state index contributed by atoms with van der Waals surface area (Å²) in [4.78, 5) is 4.33. The van der Waals surface area contributed by atoms with Crippen LogP contribution in [0.2, 0.25) is 0 Å². The molecule has 5 nitrogen and oxygen atoms in total. The van der Waals surface area contributed by atoms with Crippen LogP contribution in [-0.4, -0.2) is 23.2 Å². The highest BCUT2D eigenvalue weighted by atomic mass is 16.3. The van der Waals surface area contributed by atoms with E-state index in [-0.39, 0.29) is 6.61 Å². The minimum absolute atomic E-state index is 0.107. The van der Waals surface area contributed by atoms with Crippen molar-refractivity contribution >= 4 is 17.1 Å². The van der Waals surface area contributed by atoms with Gasteiger partial charge in [0.05, 0.1) is 23.7 Å². The van der Waals surface area contributed by atoms with E-state index in [4.69, 9.17) is 5.11 Å². The Balaban J connectivity index is 1.66. The zero-order valence-corrected chi connectivity index (χ0v) is 13.1. The summed E-state index contributed by atoms with van der Waals surface area (Å²) in [5.74, 6) is 0. The van der Waals surface area contributed by atoms with Gasteiger partial charge in [-0.1, -0.05) is 18.2 Å². The lowest BCUT2D eigenvalue weighted by atomic mass is 10.1. The molecule has 0 spiro atoms. The number of azo groups is 1. The van der Waals surface area contributed by atoms with Crippen LogP contribution in [0, 0.1) is 0 Å². The first-order chi connectivity index (χ1) is 11.8. The highest BCUT2D eigenvalue weighted by molar-refractivity contribution is 5.61. The molecule has 0 unspecified atom stereocenters. The number of hydrogen-bond donors (Lipinski definition) is 2. The van der Waals surface area contributed by atoms with Crippen molar-refractivity contribution in [2.75, 3.05) is 18.5 Å². The third-order valence-corrected chi connectivity index (χ3v) is 3.42. The van der Waals surface area contributed by atoms with Crippen LogP contribution in [-0.2, 0) is 0 Å². The van der Waals surface area contributed by atoms with Gasteiger partial charge in [0.15, 0.2) is 0 Å². The van der Waals surface area contributed by atoms with E-state index in [1.807, 2.05) is 66.7 Å². The second-order valence-corrected chi connectivity index (χ2v) is 5.16. The summed E-state index contributed by atoms with van der Waals surface area (Å²) < 4.78 is 0. The van der Waals surface area contributed by atoms with Gasteiger partial charge in [0, 0.05) is 24.0 Å². The first-order valence-corrected chi connectivity index (χ1v) is 7.73. The Morgan fingerprint density at radius 2 is 1.50 bits per heavy atom. The molecule has 0 atom stereocenters. The van der Waals surface area contributed by atoms with Crippen LogP contribution in [0.5, 0.6) is 0 Å². The van der Waals surface area contributed by atoms with E-state index in [9.17, 15) is 0 Å². The molecule has 24 heavy (non-hydrogen) atoms. The Hall–Kier alpha value is -3.05. The number of anilines is 1. The van der Waals surface area contributed by atoms with E-state index < -0.39 is 0 Å². The lowest BCUT2D eigenvalue weighted by Crippen LogP contribution is -2.04. The van der Waals surface area contributed by atoms with E-state index in [1.165, 1.54) is 0 Å². The molecule has 0 bridgehead atoms. The summed E-state index contributed by atoms with van der Waals surface area (Å²) in [7, 11) is 0. The van der Waals surface area contributed by atoms with E-state index in [2.05, 4.69) is 20.5 Å². The van der Waals surface area contributed by atoms with Crippen LogP contribution in [0.15, 0.2) is 83.2 Å². The normalized spacial score (nSPS) is 10.9. The molecule has 2 aromatic carbocycles. The van der Waals surface area contributed by atoms with Gasteiger partial charge in [-0.2, -0.15) is 10.2 Å². The standard InChI is InChI=1S/C19H18N4O/c24-14-13-20-16-8-10-18(11-9-16)23-22-17-6-4-15(5-7-17)19-3-1-2-12-21-19/h1-12,20,24H,13-14H2. The Bertz CT molecular complexity index is 784. The minimum atomic E-state index is 0.107. The van der Waals surface area contributed by atoms with Crippen molar-refractivity contribution in [1.29, 1.82) is 0 Å². The van der Waals surface area contributed by atoms with Crippen molar-refractivity contribution in [2.45, 2.75) is 0 Å². The Kier molecular flexibility index (Phi) is 5.27. The average Bonchev–Trinajstić information content (AvgIpc) is 2.67. The van der Waals surface area contributed by atoms with Crippen molar-refractivity contribution in [1.82, 2.24) is 4.98 Å². The molecule has 0 fully saturated rings. The Labute approximate surface area is 140 Å². The van der Waals surface area contributed by atoms with E-state index in [1.54, 1.807) is 6.20 Å². The molecule has 0 aliphatic carbocycles. The molecule has 5 heteroatoms. The average molecular weight is 318 g/mol. The first kappa shape index (κ1) is 15.8. The topological polar surface area (TPSA) is 69.9 Å². The van der Waals surface area contributed by atoms with Crippen molar-refractivity contribution in [3.8, 4) is 11.3 Å². The van der Waals surface area contributed by atoms with Gasteiger partial charge in [0.2, 0.25) is 0 Å². The second kappa shape index (κ2) is 7.99. The maximum Gasteiger partial charge on any atom is 0.0858 e. The molecule has 2 N–H and O–H groups in total. The number of hydrogen-bond acceptors (Lipinski definition) is 5. The zero-order valence-electron chi connectivity index (χ0n) is 13.1. The third-order valence-electron chi connectivity index (χ3n) is 3.42. The predicted octanol–water partition coefficient (Wildman–Crippen LogP) is 4.57. The minimum Gasteiger partial charge on any atom is -0.395 e. The van der Waals surface area contributed by atoms with Crippen LogP contribution < -0.4 is 5.32 Å². The number of aliphatic hydroxyl groups excluding tert-OH is 1. The number of aliphatic hydroxyl groups is 1. The molecule has 0 aliphatic rings. The van der Waals surface area contributed by atoms with Gasteiger partial charge in [-0.3, -0.25) is 4.98 Å². The molecule has 1 aromatic heterocycles. The van der Waals surface area contributed by atoms with Gasteiger partial charge in [0.1, 0.15) is 0 Å². The summed E-state index contributed by atoms with van der Waals surface area (Å²) in [5, 5.41) is 20.4. The predicted molar refractivity (Wildman–Crippen MR) is 95.9 cm³/mol. The molecule has 0 amide bonds. The van der Waals surface area contributed by atoms with Gasteiger partial charge in [0.25, 0.3) is 0 Å². The molecule has 3 rings (SSSR count). The lowest BCUT2D eigenvalue weighted by Gasteiger charge is -2.03. The van der Waals surface area contributed by atoms with Crippen LogP contribution in [0.25, 0.3) is 11.3 Å². The SMILES string of the molecule is OCCNc1ccc(N=Nc2ccc(-c3ccccn3)cc2)cc1. The molecule has 120 valence electrons. The highest BCUT2D eigenvalue weighted by Gasteiger charge is 1.98. The number of aromatic nitrogens is 1. The van der Waals surface area contributed by atoms with Crippen molar-refractivity contribution < 1.29 is 5.11 Å². The van der Waals surface area contributed by atoms with Gasteiger partial charge in [-0.05, 0) is 48.5 Å². The molecular weight excluding hydrogens is 300 g/mol. The van der Waals surface area contributed by atoms with Crippen LogP contribution in [0.4, 0.5) is 17.1 Å². The number of pyridine rings is 1.